The first kappa shape index (κ1) is 15.7. The molecule has 0 saturated heterocycles. The molecule has 4 nitrogen and oxygen atoms in total. The molecule has 23 heavy (non-hydrogen) atoms. The minimum atomic E-state index is -0.129. The topological polar surface area (TPSA) is 47.6 Å². The maximum atomic E-state index is 12.7. The molecule has 1 heterocycles. The standard InChI is InChI=1S/C18H19NO3S/c1-21-17-11-12(23-2)7-8-14(17)18(20)19-15-9-10-22-16-6-4-3-5-13(15)16/h3-8,11,15H,9-10H2,1-2H3,(H,19,20)/t15-/m1/s1. The molecule has 1 N–H and O–H groups in total. The van der Waals surface area contributed by atoms with Crippen molar-refractivity contribution in [3.05, 3.63) is 53.6 Å². The van der Waals surface area contributed by atoms with E-state index < -0.39 is 0 Å². The molecule has 2 aromatic rings. The number of amides is 1. The molecule has 0 aliphatic carbocycles. The summed E-state index contributed by atoms with van der Waals surface area (Å²) < 4.78 is 11.0. The maximum absolute atomic E-state index is 12.7. The van der Waals surface area contributed by atoms with Gasteiger partial charge in [0.15, 0.2) is 0 Å². The molecule has 1 aliphatic heterocycles. The average Bonchev–Trinajstić information content (AvgIpc) is 2.61. The Morgan fingerprint density at radius 3 is 2.91 bits per heavy atom. The van der Waals surface area contributed by atoms with Gasteiger partial charge in [0.1, 0.15) is 11.5 Å². The van der Waals surface area contributed by atoms with Crippen LogP contribution in [0.25, 0.3) is 0 Å². The van der Waals surface area contributed by atoms with Gasteiger partial charge in [-0.1, -0.05) is 18.2 Å². The highest BCUT2D eigenvalue weighted by Gasteiger charge is 2.24. The van der Waals surface area contributed by atoms with Crippen molar-refractivity contribution < 1.29 is 14.3 Å². The monoisotopic (exact) mass is 329 g/mol. The van der Waals surface area contributed by atoms with Gasteiger partial charge in [-0.2, -0.15) is 0 Å². The van der Waals surface area contributed by atoms with E-state index in [1.807, 2.05) is 48.7 Å². The van der Waals surface area contributed by atoms with E-state index >= 15 is 0 Å². The number of carbonyl (C=O) groups excluding carboxylic acids is 1. The predicted molar refractivity (Wildman–Crippen MR) is 91.5 cm³/mol. The number of para-hydroxylation sites is 1. The van der Waals surface area contributed by atoms with Crippen LogP contribution in [-0.4, -0.2) is 25.9 Å². The molecular weight excluding hydrogens is 310 g/mol. The molecule has 0 radical (unpaired) electrons. The van der Waals surface area contributed by atoms with Crippen LogP contribution in [0.4, 0.5) is 0 Å². The van der Waals surface area contributed by atoms with E-state index in [-0.39, 0.29) is 11.9 Å². The quantitative estimate of drug-likeness (QED) is 0.870. The summed E-state index contributed by atoms with van der Waals surface area (Å²) in [6, 6.07) is 13.4. The molecule has 2 aromatic carbocycles. The smallest absolute Gasteiger partial charge is 0.255 e. The number of hydrogen-bond donors (Lipinski definition) is 1. The summed E-state index contributed by atoms with van der Waals surface area (Å²) in [5, 5.41) is 3.10. The molecular formula is C18H19NO3S. The summed E-state index contributed by atoms with van der Waals surface area (Å²) in [7, 11) is 1.58. The van der Waals surface area contributed by atoms with Gasteiger partial charge >= 0.3 is 0 Å². The van der Waals surface area contributed by atoms with Gasteiger partial charge in [-0.3, -0.25) is 4.79 Å². The van der Waals surface area contributed by atoms with Gasteiger partial charge in [0, 0.05) is 16.9 Å². The van der Waals surface area contributed by atoms with Crippen molar-refractivity contribution in [1.29, 1.82) is 0 Å². The molecule has 0 unspecified atom stereocenters. The first-order valence-corrected chi connectivity index (χ1v) is 8.70. The van der Waals surface area contributed by atoms with E-state index in [0.29, 0.717) is 17.9 Å². The van der Waals surface area contributed by atoms with Crippen LogP contribution in [0.3, 0.4) is 0 Å². The van der Waals surface area contributed by atoms with Crippen molar-refractivity contribution in [3.63, 3.8) is 0 Å². The maximum Gasteiger partial charge on any atom is 0.255 e. The minimum absolute atomic E-state index is 0.0441. The highest BCUT2D eigenvalue weighted by Crippen LogP contribution is 2.32. The SMILES string of the molecule is COc1cc(SC)ccc1C(=O)N[C@@H]1CCOc2ccccc21. The highest BCUT2D eigenvalue weighted by molar-refractivity contribution is 7.98. The lowest BCUT2D eigenvalue weighted by Crippen LogP contribution is -2.32. The molecule has 0 fully saturated rings. The number of ether oxygens (including phenoxy) is 2. The van der Waals surface area contributed by atoms with E-state index in [1.54, 1.807) is 18.9 Å². The summed E-state index contributed by atoms with van der Waals surface area (Å²) in [5.74, 6) is 1.31. The van der Waals surface area contributed by atoms with Crippen LogP contribution >= 0.6 is 11.8 Å². The Bertz CT molecular complexity index is 717. The third kappa shape index (κ3) is 3.29. The fraction of sp³-hybridized carbons (Fsp3) is 0.278. The second-order valence-corrected chi connectivity index (χ2v) is 6.15. The van der Waals surface area contributed by atoms with Gasteiger partial charge < -0.3 is 14.8 Å². The van der Waals surface area contributed by atoms with Crippen molar-refractivity contribution in [1.82, 2.24) is 5.32 Å². The summed E-state index contributed by atoms with van der Waals surface area (Å²) in [6.45, 7) is 0.602. The van der Waals surface area contributed by atoms with Crippen LogP contribution < -0.4 is 14.8 Å². The summed E-state index contributed by atoms with van der Waals surface area (Å²) >= 11 is 1.62. The first-order chi connectivity index (χ1) is 11.2. The molecule has 1 atom stereocenters. The van der Waals surface area contributed by atoms with E-state index in [2.05, 4.69) is 5.32 Å². The molecule has 3 rings (SSSR count). The van der Waals surface area contributed by atoms with Crippen LogP contribution in [-0.2, 0) is 0 Å². The molecule has 0 spiro atoms. The minimum Gasteiger partial charge on any atom is -0.496 e. The van der Waals surface area contributed by atoms with Gasteiger partial charge in [-0.15, -0.1) is 11.8 Å². The van der Waals surface area contributed by atoms with E-state index in [1.165, 1.54) is 0 Å². The zero-order valence-corrected chi connectivity index (χ0v) is 14.0. The summed E-state index contributed by atoms with van der Waals surface area (Å²) in [5.41, 5.74) is 1.57. The predicted octanol–water partition coefficient (Wildman–Crippen LogP) is 3.67. The van der Waals surface area contributed by atoms with Crippen molar-refractivity contribution in [3.8, 4) is 11.5 Å². The number of hydrogen-bond acceptors (Lipinski definition) is 4. The van der Waals surface area contributed by atoms with Crippen LogP contribution in [0.1, 0.15) is 28.4 Å². The summed E-state index contributed by atoms with van der Waals surface area (Å²) in [4.78, 5) is 13.7. The number of rotatable bonds is 4. The Morgan fingerprint density at radius 1 is 1.30 bits per heavy atom. The van der Waals surface area contributed by atoms with Crippen LogP contribution in [0.15, 0.2) is 47.4 Å². The molecule has 0 saturated carbocycles. The van der Waals surface area contributed by atoms with Crippen LogP contribution in [0.5, 0.6) is 11.5 Å². The third-order valence-corrected chi connectivity index (χ3v) is 4.64. The Hall–Kier alpha value is -2.14. The first-order valence-electron chi connectivity index (χ1n) is 7.47. The van der Waals surface area contributed by atoms with Crippen molar-refractivity contribution in [2.75, 3.05) is 20.0 Å². The van der Waals surface area contributed by atoms with Crippen molar-refractivity contribution >= 4 is 17.7 Å². The molecule has 5 heteroatoms. The number of nitrogens with one attached hydrogen (secondary N) is 1. The van der Waals surface area contributed by atoms with E-state index in [4.69, 9.17) is 9.47 Å². The molecule has 1 aliphatic rings. The van der Waals surface area contributed by atoms with Gasteiger partial charge in [-0.05, 0) is 30.5 Å². The second-order valence-electron chi connectivity index (χ2n) is 5.27. The Balaban J connectivity index is 1.83. The van der Waals surface area contributed by atoms with Crippen LogP contribution in [0, 0.1) is 0 Å². The Kier molecular flexibility index (Phi) is 4.76. The van der Waals surface area contributed by atoms with Gasteiger partial charge in [-0.25, -0.2) is 0 Å². The average molecular weight is 329 g/mol. The van der Waals surface area contributed by atoms with Crippen molar-refractivity contribution in [2.24, 2.45) is 0 Å². The van der Waals surface area contributed by atoms with Gasteiger partial charge in [0.25, 0.3) is 5.91 Å². The second kappa shape index (κ2) is 6.96. The normalized spacial score (nSPS) is 16.2. The van der Waals surface area contributed by atoms with E-state index in [9.17, 15) is 4.79 Å². The molecule has 0 aromatic heterocycles. The largest absolute Gasteiger partial charge is 0.496 e. The van der Waals surface area contributed by atoms with Gasteiger partial charge in [0.2, 0.25) is 0 Å². The Morgan fingerprint density at radius 2 is 2.13 bits per heavy atom. The lowest BCUT2D eigenvalue weighted by atomic mass is 10.00. The molecule has 120 valence electrons. The molecule has 0 bridgehead atoms. The fourth-order valence-electron chi connectivity index (χ4n) is 2.71. The van der Waals surface area contributed by atoms with Crippen molar-refractivity contribution in [2.45, 2.75) is 17.4 Å². The lowest BCUT2D eigenvalue weighted by Gasteiger charge is -2.26. The molecule has 1 amide bonds. The van der Waals surface area contributed by atoms with Crippen LogP contribution in [0.2, 0.25) is 0 Å². The lowest BCUT2D eigenvalue weighted by molar-refractivity contribution is 0.0921. The zero-order chi connectivity index (χ0) is 16.2. The summed E-state index contributed by atoms with van der Waals surface area (Å²) in [6.07, 6.45) is 2.75. The number of benzene rings is 2. The Labute approximate surface area is 140 Å². The number of methoxy groups -OCH3 is 1. The number of fused-ring (bicyclic) bond motifs is 1. The van der Waals surface area contributed by atoms with E-state index in [0.717, 1.165) is 22.6 Å². The fourth-order valence-corrected chi connectivity index (χ4v) is 3.14. The third-order valence-electron chi connectivity index (χ3n) is 3.92. The highest BCUT2D eigenvalue weighted by atomic mass is 32.2. The zero-order valence-electron chi connectivity index (χ0n) is 13.2. The number of carbonyl (C=O) groups is 1. The number of thioether (sulfide) groups is 1. The van der Waals surface area contributed by atoms with Gasteiger partial charge in [0.05, 0.1) is 25.3 Å².